The standard InChI is InChI=1S/C15H14N4O7/c20-6-11-8(21)4-12(26-11)18-5-10-14(17-15(18)22)16-13-7(19(23)24)2-1-3-9(13)25-10/h1-3,5,8,11-12,20-21H,4,6H2,(H,16,17,22). The highest BCUT2D eigenvalue weighted by Crippen LogP contribution is 2.45. The number of benzene rings is 1. The molecule has 0 spiro atoms. The maximum absolute atomic E-state index is 12.3. The van der Waals surface area contributed by atoms with Crippen molar-refractivity contribution < 1.29 is 24.6 Å². The lowest BCUT2D eigenvalue weighted by Crippen LogP contribution is -2.29. The number of aliphatic hydroxyl groups excluding tert-OH is 2. The van der Waals surface area contributed by atoms with Crippen molar-refractivity contribution in [2.75, 3.05) is 11.9 Å². The summed E-state index contributed by atoms with van der Waals surface area (Å²) >= 11 is 0. The number of rotatable bonds is 3. The Hall–Kier alpha value is -3.02. The van der Waals surface area contributed by atoms with E-state index < -0.39 is 29.0 Å². The number of nitro benzene ring substituents is 1. The minimum absolute atomic E-state index is 0.0466. The number of anilines is 2. The zero-order valence-corrected chi connectivity index (χ0v) is 13.2. The number of para-hydroxylation sites is 1. The van der Waals surface area contributed by atoms with Crippen molar-refractivity contribution in [3.05, 3.63) is 45.0 Å². The summed E-state index contributed by atoms with van der Waals surface area (Å²) < 4.78 is 12.3. The van der Waals surface area contributed by atoms with Crippen LogP contribution in [0.25, 0.3) is 0 Å². The fraction of sp³-hybridized carbons (Fsp3) is 0.333. The number of aromatic nitrogens is 2. The highest BCUT2D eigenvalue weighted by Gasteiger charge is 2.36. The molecule has 0 aliphatic carbocycles. The maximum atomic E-state index is 12.3. The van der Waals surface area contributed by atoms with Crippen LogP contribution in [0.3, 0.4) is 0 Å². The quantitative estimate of drug-likeness (QED) is 0.450. The van der Waals surface area contributed by atoms with Crippen LogP contribution in [0, 0.1) is 10.1 Å². The number of nitro groups is 1. The Labute approximate surface area is 145 Å². The number of hydrogen-bond donors (Lipinski definition) is 3. The van der Waals surface area contributed by atoms with E-state index in [1.807, 2.05) is 0 Å². The minimum Gasteiger partial charge on any atom is -0.449 e. The van der Waals surface area contributed by atoms with Crippen LogP contribution in [-0.2, 0) is 4.74 Å². The third kappa shape index (κ3) is 2.58. The molecule has 0 amide bonds. The molecule has 11 heteroatoms. The van der Waals surface area contributed by atoms with E-state index in [2.05, 4.69) is 10.3 Å². The van der Waals surface area contributed by atoms with E-state index >= 15 is 0 Å². The first-order chi connectivity index (χ1) is 12.5. The Morgan fingerprint density at radius 2 is 2.23 bits per heavy atom. The molecule has 3 heterocycles. The first-order valence-corrected chi connectivity index (χ1v) is 7.77. The molecule has 1 aromatic heterocycles. The summed E-state index contributed by atoms with van der Waals surface area (Å²) in [5.41, 5.74) is -0.771. The first kappa shape index (κ1) is 16.4. The molecule has 1 saturated heterocycles. The molecule has 0 bridgehead atoms. The highest BCUT2D eigenvalue weighted by atomic mass is 16.6. The van der Waals surface area contributed by atoms with Gasteiger partial charge in [-0.2, -0.15) is 4.98 Å². The van der Waals surface area contributed by atoms with Crippen LogP contribution in [0.1, 0.15) is 12.6 Å². The van der Waals surface area contributed by atoms with Crippen molar-refractivity contribution >= 4 is 17.2 Å². The SMILES string of the molecule is O=c1nc2c(cn1C1CC(O)C(CO)O1)Oc1cccc([N+](=O)[O-])c1N2. The summed E-state index contributed by atoms with van der Waals surface area (Å²) in [6, 6.07) is 4.34. The third-order valence-corrected chi connectivity index (χ3v) is 4.28. The molecule has 0 saturated carbocycles. The summed E-state index contributed by atoms with van der Waals surface area (Å²) in [4.78, 5) is 26.7. The number of ether oxygens (including phenoxy) is 2. The van der Waals surface area contributed by atoms with Gasteiger partial charge in [-0.3, -0.25) is 14.7 Å². The van der Waals surface area contributed by atoms with Gasteiger partial charge >= 0.3 is 5.69 Å². The lowest BCUT2D eigenvalue weighted by Gasteiger charge is -2.22. The predicted octanol–water partition coefficient (Wildman–Crippen LogP) is 0.641. The average Bonchev–Trinajstić information content (AvgIpc) is 2.99. The van der Waals surface area contributed by atoms with Gasteiger partial charge in [0.05, 0.1) is 23.8 Å². The molecule has 2 aliphatic rings. The average molecular weight is 362 g/mol. The van der Waals surface area contributed by atoms with E-state index in [1.165, 1.54) is 18.3 Å². The van der Waals surface area contributed by atoms with Crippen LogP contribution in [0.5, 0.6) is 11.5 Å². The fourth-order valence-corrected chi connectivity index (χ4v) is 2.99. The third-order valence-electron chi connectivity index (χ3n) is 4.28. The molecule has 136 valence electrons. The van der Waals surface area contributed by atoms with Crippen LogP contribution >= 0.6 is 0 Å². The van der Waals surface area contributed by atoms with Gasteiger partial charge in [-0.25, -0.2) is 4.79 Å². The van der Waals surface area contributed by atoms with E-state index in [9.17, 15) is 20.0 Å². The van der Waals surface area contributed by atoms with Gasteiger partial charge in [-0.15, -0.1) is 0 Å². The van der Waals surface area contributed by atoms with E-state index in [4.69, 9.17) is 14.6 Å². The second-order valence-electron chi connectivity index (χ2n) is 5.89. The zero-order chi connectivity index (χ0) is 18.4. The molecule has 2 aliphatic heterocycles. The van der Waals surface area contributed by atoms with E-state index in [0.29, 0.717) is 0 Å². The molecular weight excluding hydrogens is 348 g/mol. The van der Waals surface area contributed by atoms with Crippen LogP contribution in [0.15, 0.2) is 29.2 Å². The smallest absolute Gasteiger partial charge is 0.351 e. The van der Waals surface area contributed by atoms with Crippen molar-refractivity contribution in [3.63, 3.8) is 0 Å². The summed E-state index contributed by atoms with van der Waals surface area (Å²) in [5, 5.41) is 32.9. The fourth-order valence-electron chi connectivity index (χ4n) is 2.99. The molecule has 11 nitrogen and oxygen atoms in total. The van der Waals surface area contributed by atoms with Gasteiger partial charge in [0, 0.05) is 12.5 Å². The Kier molecular flexibility index (Phi) is 3.83. The minimum atomic E-state index is -0.907. The molecule has 0 radical (unpaired) electrons. The molecule has 4 rings (SSSR count). The lowest BCUT2D eigenvalue weighted by atomic mass is 10.2. The Morgan fingerprint density at radius 1 is 1.42 bits per heavy atom. The van der Waals surface area contributed by atoms with E-state index in [0.717, 1.165) is 4.57 Å². The second-order valence-corrected chi connectivity index (χ2v) is 5.89. The Morgan fingerprint density at radius 3 is 2.92 bits per heavy atom. The topological polar surface area (TPSA) is 149 Å². The zero-order valence-electron chi connectivity index (χ0n) is 13.2. The summed E-state index contributed by atoms with van der Waals surface area (Å²) in [6.45, 7) is -0.375. The number of hydrogen-bond acceptors (Lipinski definition) is 9. The molecule has 1 fully saturated rings. The molecule has 3 N–H and O–H groups in total. The molecule has 3 unspecified atom stereocenters. The molecule has 2 aromatic rings. The molecule has 1 aromatic carbocycles. The predicted molar refractivity (Wildman–Crippen MR) is 86.6 cm³/mol. The van der Waals surface area contributed by atoms with Crippen molar-refractivity contribution in [3.8, 4) is 11.5 Å². The lowest BCUT2D eigenvalue weighted by molar-refractivity contribution is -0.384. The Balaban J connectivity index is 1.70. The highest BCUT2D eigenvalue weighted by molar-refractivity contribution is 5.79. The van der Waals surface area contributed by atoms with Crippen molar-refractivity contribution in [2.24, 2.45) is 0 Å². The summed E-state index contributed by atoms with van der Waals surface area (Å²) in [7, 11) is 0. The monoisotopic (exact) mass is 362 g/mol. The van der Waals surface area contributed by atoms with E-state index in [-0.39, 0.29) is 41.7 Å². The van der Waals surface area contributed by atoms with Gasteiger partial charge < -0.3 is 25.0 Å². The van der Waals surface area contributed by atoms with Crippen LogP contribution in [0.2, 0.25) is 0 Å². The van der Waals surface area contributed by atoms with Crippen LogP contribution in [0.4, 0.5) is 17.2 Å². The van der Waals surface area contributed by atoms with E-state index in [1.54, 1.807) is 6.07 Å². The number of nitrogens with zero attached hydrogens (tertiary/aromatic N) is 3. The van der Waals surface area contributed by atoms with Gasteiger partial charge in [0.25, 0.3) is 5.69 Å². The van der Waals surface area contributed by atoms with Gasteiger partial charge in [0.2, 0.25) is 0 Å². The summed E-state index contributed by atoms with van der Waals surface area (Å²) in [5.74, 6) is 0.452. The molecule has 3 atom stereocenters. The van der Waals surface area contributed by atoms with Crippen LogP contribution in [-0.4, -0.2) is 43.5 Å². The van der Waals surface area contributed by atoms with Crippen LogP contribution < -0.4 is 15.7 Å². The normalized spacial score (nSPS) is 23.5. The first-order valence-electron chi connectivity index (χ1n) is 7.77. The second kappa shape index (κ2) is 6.05. The molecular formula is C15H14N4O7. The van der Waals surface area contributed by atoms with Crippen molar-refractivity contribution in [1.29, 1.82) is 0 Å². The number of aliphatic hydroxyl groups is 2. The Bertz CT molecular complexity index is 944. The van der Waals surface area contributed by atoms with Gasteiger partial charge in [-0.1, -0.05) is 6.07 Å². The maximum Gasteiger partial charge on any atom is 0.351 e. The van der Waals surface area contributed by atoms with Gasteiger partial charge in [0.15, 0.2) is 23.0 Å². The molecule has 26 heavy (non-hydrogen) atoms. The van der Waals surface area contributed by atoms with Gasteiger partial charge in [0.1, 0.15) is 12.3 Å². The summed E-state index contributed by atoms with van der Waals surface area (Å²) in [6.07, 6.45) is -1.03. The van der Waals surface area contributed by atoms with Crippen molar-refractivity contribution in [2.45, 2.75) is 24.9 Å². The van der Waals surface area contributed by atoms with Gasteiger partial charge in [-0.05, 0) is 6.07 Å². The largest absolute Gasteiger partial charge is 0.449 e. The number of fused-ring (bicyclic) bond motifs is 2. The van der Waals surface area contributed by atoms with Crippen molar-refractivity contribution in [1.82, 2.24) is 9.55 Å². The number of nitrogens with one attached hydrogen (secondary N) is 1.